The molecule has 1 N–H and O–H groups in total. The zero-order valence-electron chi connectivity index (χ0n) is 6.74. The first-order chi connectivity index (χ1) is 5.77. The Morgan fingerprint density at radius 1 is 1.67 bits per heavy atom. The Labute approximate surface area is 74.6 Å². The van der Waals surface area contributed by atoms with E-state index in [9.17, 15) is 4.79 Å². The third-order valence-corrected chi connectivity index (χ3v) is 2.53. The predicted octanol–water partition coefficient (Wildman–Crippen LogP) is 1.07. The molecule has 0 aliphatic heterocycles. The number of methoxy groups -OCH3 is 1. The van der Waals surface area contributed by atoms with Gasteiger partial charge in [0.05, 0.1) is 7.11 Å². The van der Waals surface area contributed by atoms with Crippen LogP contribution in [0, 0.1) is 0 Å². The normalized spacial score (nSPS) is 9.83. The second-order valence-electron chi connectivity index (χ2n) is 2.23. The molecule has 0 atom stereocenters. The van der Waals surface area contributed by atoms with Crippen LogP contribution in [0.4, 0.5) is 0 Å². The zero-order valence-corrected chi connectivity index (χ0v) is 7.56. The van der Waals surface area contributed by atoms with E-state index in [0.717, 1.165) is 4.88 Å². The minimum atomic E-state index is -0.316. The van der Waals surface area contributed by atoms with Gasteiger partial charge in [0.15, 0.2) is 0 Å². The maximum atomic E-state index is 11.0. The number of aliphatic hydroxyl groups is 1. The van der Waals surface area contributed by atoms with E-state index in [2.05, 4.69) is 4.74 Å². The van der Waals surface area contributed by atoms with Crippen molar-refractivity contribution in [2.24, 2.45) is 0 Å². The largest absolute Gasteiger partial charge is 0.465 e. The number of carbonyl (C=O) groups excluding carboxylic acids is 1. The number of ether oxygens (including phenoxy) is 1. The number of carbonyl (C=O) groups is 1. The Kier molecular flexibility index (Phi) is 3.25. The average Bonchev–Trinajstić information content (AvgIpc) is 2.52. The summed E-state index contributed by atoms with van der Waals surface area (Å²) in [6.07, 6.45) is 0.599. The SMILES string of the molecule is COC(=O)c1ccc(CCO)s1. The van der Waals surface area contributed by atoms with Gasteiger partial charge in [-0.25, -0.2) is 4.79 Å². The lowest BCUT2D eigenvalue weighted by Gasteiger charge is -1.92. The van der Waals surface area contributed by atoms with Gasteiger partial charge < -0.3 is 9.84 Å². The van der Waals surface area contributed by atoms with Gasteiger partial charge in [-0.05, 0) is 12.1 Å². The second-order valence-corrected chi connectivity index (χ2v) is 3.40. The monoisotopic (exact) mass is 186 g/mol. The standard InChI is InChI=1S/C8H10O3S/c1-11-8(10)7-3-2-6(12-7)4-5-9/h2-3,9H,4-5H2,1H3. The molecule has 0 amide bonds. The van der Waals surface area contributed by atoms with Gasteiger partial charge in [0.25, 0.3) is 0 Å². The van der Waals surface area contributed by atoms with E-state index in [1.807, 2.05) is 6.07 Å². The van der Waals surface area contributed by atoms with E-state index in [4.69, 9.17) is 5.11 Å². The van der Waals surface area contributed by atoms with Crippen LogP contribution in [0.25, 0.3) is 0 Å². The van der Waals surface area contributed by atoms with Crippen LogP contribution >= 0.6 is 11.3 Å². The molecule has 4 heteroatoms. The fourth-order valence-electron chi connectivity index (χ4n) is 0.833. The van der Waals surface area contributed by atoms with E-state index in [-0.39, 0.29) is 12.6 Å². The molecule has 0 fully saturated rings. The third-order valence-electron chi connectivity index (χ3n) is 1.41. The molecule has 0 bridgehead atoms. The van der Waals surface area contributed by atoms with Crippen molar-refractivity contribution in [3.8, 4) is 0 Å². The van der Waals surface area contributed by atoms with Crippen LogP contribution in [0.15, 0.2) is 12.1 Å². The number of aliphatic hydroxyl groups excluding tert-OH is 1. The molecule has 3 nitrogen and oxygen atoms in total. The Morgan fingerprint density at radius 3 is 3.00 bits per heavy atom. The van der Waals surface area contributed by atoms with Crippen LogP contribution in [-0.2, 0) is 11.2 Å². The highest BCUT2D eigenvalue weighted by atomic mass is 32.1. The first kappa shape index (κ1) is 9.22. The summed E-state index contributed by atoms with van der Waals surface area (Å²) >= 11 is 1.36. The van der Waals surface area contributed by atoms with Gasteiger partial charge in [0.1, 0.15) is 4.88 Å². The van der Waals surface area contributed by atoms with Crippen molar-refractivity contribution in [1.29, 1.82) is 0 Å². The molecule has 0 aliphatic carbocycles. The van der Waals surface area contributed by atoms with Crippen LogP contribution < -0.4 is 0 Å². The van der Waals surface area contributed by atoms with Crippen LogP contribution in [-0.4, -0.2) is 24.8 Å². The molecule has 0 saturated carbocycles. The molecule has 1 heterocycles. The van der Waals surface area contributed by atoms with Crippen molar-refractivity contribution < 1.29 is 14.6 Å². The van der Waals surface area contributed by atoms with Gasteiger partial charge in [-0.2, -0.15) is 0 Å². The van der Waals surface area contributed by atoms with Gasteiger partial charge in [-0.3, -0.25) is 0 Å². The van der Waals surface area contributed by atoms with E-state index in [1.54, 1.807) is 6.07 Å². The fourth-order valence-corrected chi connectivity index (χ4v) is 1.75. The number of esters is 1. The number of rotatable bonds is 3. The van der Waals surface area contributed by atoms with Crippen LogP contribution in [0.3, 0.4) is 0 Å². The fraction of sp³-hybridized carbons (Fsp3) is 0.375. The summed E-state index contributed by atoms with van der Waals surface area (Å²) in [4.78, 5) is 12.5. The van der Waals surface area contributed by atoms with Gasteiger partial charge in [-0.1, -0.05) is 0 Å². The van der Waals surface area contributed by atoms with Crippen molar-refractivity contribution in [2.75, 3.05) is 13.7 Å². The lowest BCUT2D eigenvalue weighted by Crippen LogP contribution is -1.96. The molecule has 12 heavy (non-hydrogen) atoms. The summed E-state index contributed by atoms with van der Waals surface area (Å²) in [6, 6.07) is 3.54. The Bertz CT molecular complexity index is 267. The van der Waals surface area contributed by atoms with Gasteiger partial charge in [0.2, 0.25) is 0 Å². The van der Waals surface area contributed by atoms with Crippen LogP contribution in [0.2, 0.25) is 0 Å². The Morgan fingerprint density at radius 2 is 2.42 bits per heavy atom. The average molecular weight is 186 g/mol. The summed E-state index contributed by atoms with van der Waals surface area (Å²) in [7, 11) is 1.35. The maximum absolute atomic E-state index is 11.0. The smallest absolute Gasteiger partial charge is 0.348 e. The van der Waals surface area contributed by atoms with Gasteiger partial charge >= 0.3 is 5.97 Å². The molecule has 0 saturated heterocycles. The van der Waals surface area contributed by atoms with Crippen molar-refractivity contribution >= 4 is 17.3 Å². The summed E-state index contributed by atoms with van der Waals surface area (Å²) in [5, 5.41) is 8.62. The first-order valence-electron chi connectivity index (χ1n) is 3.56. The van der Waals surface area contributed by atoms with E-state index >= 15 is 0 Å². The summed E-state index contributed by atoms with van der Waals surface area (Å²) in [6.45, 7) is 0.112. The first-order valence-corrected chi connectivity index (χ1v) is 4.37. The van der Waals surface area contributed by atoms with E-state index < -0.39 is 0 Å². The minimum Gasteiger partial charge on any atom is -0.465 e. The molecule has 1 aromatic heterocycles. The highest BCUT2D eigenvalue weighted by Gasteiger charge is 2.07. The molecule has 66 valence electrons. The number of hydrogen-bond acceptors (Lipinski definition) is 4. The lowest BCUT2D eigenvalue weighted by atomic mass is 10.3. The molecule has 0 radical (unpaired) electrons. The molecule has 0 unspecified atom stereocenters. The van der Waals surface area contributed by atoms with E-state index in [0.29, 0.717) is 11.3 Å². The summed E-state index contributed by atoms with van der Waals surface area (Å²) in [5.74, 6) is -0.316. The molecule has 1 rings (SSSR count). The molecule has 1 aromatic rings. The Balaban J connectivity index is 2.70. The lowest BCUT2D eigenvalue weighted by molar-refractivity contribution is 0.0606. The van der Waals surface area contributed by atoms with Crippen molar-refractivity contribution in [3.05, 3.63) is 21.9 Å². The van der Waals surface area contributed by atoms with E-state index in [1.165, 1.54) is 18.4 Å². The van der Waals surface area contributed by atoms with Gasteiger partial charge in [0, 0.05) is 17.9 Å². The summed E-state index contributed by atoms with van der Waals surface area (Å²) < 4.78 is 4.54. The minimum absolute atomic E-state index is 0.112. The zero-order chi connectivity index (χ0) is 8.97. The van der Waals surface area contributed by atoms with Crippen molar-refractivity contribution in [3.63, 3.8) is 0 Å². The topological polar surface area (TPSA) is 46.5 Å². The Hall–Kier alpha value is -0.870. The highest BCUT2D eigenvalue weighted by Crippen LogP contribution is 2.17. The van der Waals surface area contributed by atoms with Crippen LogP contribution in [0.1, 0.15) is 14.5 Å². The molecular weight excluding hydrogens is 176 g/mol. The second kappa shape index (κ2) is 4.23. The molecule has 0 aromatic carbocycles. The van der Waals surface area contributed by atoms with Gasteiger partial charge in [-0.15, -0.1) is 11.3 Å². The maximum Gasteiger partial charge on any atom is 0.348 e. The summed E-state index contributed by atoms with van der Waals surface area (Å²) in [5.41, 5.74) is 0. The van der Waals surface area contributed by atoms with Crippen molar-refractivity contribution in [2.45, 2.75) is 6.42 Å². The molecular formula is C8H10O3S. The third kappa shape index (κ3) is 2.06. The molecule has 0 spiro atoms. The molecule has 0 aliphatic rings. The van der Waals surface area contributed by atoms with Crippen LogP contribution in [0.5, 0.6) is 0 Å². The number of thiophene rings is 1. The predicted molar refractivity (Wildman–Crippen MR) is 46.4 cm³/mol. The highest BCUT2D eigenvalue weighted by molar-refractivity contribution is 7.13. The van der Waals surface area contributed by atoms with Crippen molar-refractivity contribution in [1.82, 2.24) is 0 Å². The quantitative estimate of drug-likeness (QED) is 0.718. The number of hydrogen-bond donors (Lipinski definition) is 1.